The minimum Gasteiger partial charge on any atom is -0.396 e. The van der Waals surface area contributed by atoms with Crippen LogP contribution in [-0.2, 0) is 4.79 Å². The summed E-state index contributed by atoms with van der Waals surface area (Å²) in [7, 11) is 0. The molecule has 2 fully saturated rings. The first-order valence-corrected chi connectivity index (χ1v) is 7.46. The van der Waals surface area contributed by atoms with E-state index < -0.39 is 0 Å². The number of unbranched alkanes of at least 4 members (excludes halogenated alkanes) is 2. The summed E-state index contributed by atoms with van der Waals surface area (Å²) >= 11 is 0. The highest BCUT2D eigenvalue weighted by Crippen LogP contribution is 2.33. The average Bonchev–Trinajstić information content (AvgIpc) is 2.82. The van der Waals surface area contributed by atoms with E-state index in [-0.39, 0.29) is 18.6 Å². The molecule has 4 heteroatoms. The lowest BCUT2D eigenvalue weighted by molar-refractivity contribution is -0.122. The third-order valence-electron chi connectivity index (χ3n) is 4.31. The minimum absolute atomic E-state index is 0.0379. The van der Waals surface area contributed by atoms with Crippen LogP contribution in [0.2, 0.25) is 0 Å². The zero-order valence-corrected chi connectivity index (χ0v) is 11.2. The van der Waals surface area contributed by atoms with Crippen LogP contribution in [0.15, 0.2) is 0 Å². The predicted molar refractivity (Wildman–Crippen MR) is 71.2 cm³/mol. The molecule has 1 saturated carbocycles. The molecule has 2 rings (SSSR count). The van der Waals surface area contributed by atoms with Gasteiger partial charge in [0, 0.05) is 19.2 Å². The molecule has 1 aliphatic heterocycles. The molecule has 3 N–H and O–H groups in total. The van der Waals surface area contributed by atoms with Gasteiger partial charge in [-0.25, -0.2) is 0 Å². The van der Waals surface area contributed by atoms with Crippen LogP contribution in [0.1, 0.15) is 51.4 Å². The fourth-order valence-electron chi connectivity index (χ4n) is 3.27. The summed E-state index contributed by atoms with van der Waals surface area (Å²) in [5.41, 5.74) is 0. The molecule has 4 nitrogen and oxygen atoms in total. The van der Waals surface area contributed by atoms with Gasteiger partial charge in [0.25, 0.3) is 0 Å². The van der Waals surface area contributed by atoms with Crippen LogP contribution in [0, 0.1) is 5.92 Å². The fourth-order valence-corrected chi connectivity index (χ4v) is 3.27. The quantitative estimate of drug-likeness (QED) is 0.624. The van der Waals surface area contributed by atoms with Crippen molar-refractivity contribution in [3.8, 4) is 0 Å². The number of amides is 1. The van der Waals surface area contributed by atoms with Crippen molar-refractivity contribution in [1.82, 2.24) is 10.6 Å². The molecule has 1 heterocycles. The zero-order valence-electron chi connectivity index (χ0n) is 11.2. The predicted octanol–water partition coefficient (Wildman–Crippen LogP) is 1.19. The molecular weight excluding hydrogens is 228 g/mol. The van der Waals surface area contributed by atoms with E-state index in [9.17, 15) is 4.79 Å². The van der Waals surface area contributed by atoms with Crippen molar-refractivity contribution < 1.29 is 9.90 Å². The lowest BCUT2D eigenvalue weighted by Gasteiger charge is -2.24. The van der Waals surface area contributed by atoms with Crippen molar-refractivity contribution in [2.75, 3.05) is 13.2 Å². The highest BCUT2D eigenvalue weighted by atomic mass is 16.2. The van der Waals surface area contributed by atoms with Gasteiger partial charge in [0.15, 0.2) is 0 Å². The number of rotatable bonds is 6. The number of carbonyl (C=O) groups excluding carboxylic acids is 1. The first-order valence-electron chi connectivity index (χ1n) is 7.46. The van der Waals surface area contributed by atoms with Crippen molar-refractivity contribution in [3.05, 3.63) is 0 Å². The van der Waals surface area contributed by atoms with Crippen molar-refractivity contribution >= 4 is 5.91 Å². The highest BCUT2D eigenvalue weighted by molar-refractivity contribution is 5.82. The van der Waals surface area contributed by atoms with E-state index in [4.69, 9.17) is 5.11 Å². The highest BCUT2D eigenvalue weighted by Gasteiger charge is 2.37. The maximum absolute atomic E-state index is 12.0. The normalized spacial score (nSPS) is 31.1. The molecule has 2 aliphatic rings. The second-order valence-corrected chi connectivity index (χ2v) is 5.68. The number of aliphatic hydroxyl groups is 1. The number of hydrogen-bond acceptors (Lipinski definition) is 3. The molecule has 0 aromatic heterocycles. The fraction of sp³-hybridized carbons (Fsp3) is 0.929. The Kier molecular flexibility index (Phi) is 5.45. The zero-order chi connectivity index (χ0) is 12.8. The van der Waals surface area contributed by atoms with Gasteiger partial charge in [-0.3, -0.25) is 4.79 Å². The molecular formula is C14H26N2O2. The second-order valence-electron chi connectivity index (χ2n) is 5.68. The third kappa shape index (κ3) is 3.69. The Hall–Kier alpha value is -0.610. The SMILES string of the molecule is O=C(NCCCCCO)C1CC2CCCCC2N1. The molecule has 0 aromatic rings. The summed E-state index contributed by atoms with van der Waals surface area (Å²) in [6, 6.07) is 0.625. The van der Waals surface area contributed by atoms with Crippen LogP contribution < -0.4 is 10.6 Å². The van der Waals surface area contributed by atoms with Gasteiger partial charge in [0.05, 0.1) is 6.04 Å². The minimum atomic E-state index is 0.0379. The Morgan fingerprint density at radius 2 is 2.06 bits per heavy atom. The smallest absolute Gasteiger partial charge is 0.237 e. The van der Waals surface area contributed by atoms with E-state index in [2.05, 4.69) is 10.6 Å². The molecule has 104 valence electrons. The molecule has 1 aliphatic carbocycles. The molecule has 0 radical (unpaired) electrons. The Morgan fingerprint density at radius 3 is 2.83 bits per heavy atom. The maximum atomic E-state index is 12.0. The lowest BCUT2D eigenvalue weighted by Crippen LogP contribution is -2.43. The van der Waals surface area contributed by atoms with Crippen molar-refractivity contribution in [3.63, 3.8) is 0 Å². The van der Waals surface area contributed by atoms with Gasteiger partial charge >= 0.3 is 0 Å². The largest absolute Gasteiger partial charge is 0.396 e. The monoisotopic (exact) mass is 254 g/mol. The van der Waals surface area contributed by atoms with Crippen LogP contribution in [0.3, 0.4) is 0 Å². The van der Waals surface area contributed by atoms with Crippen molar-refractivity contribution in [2.24, 2.45) is 5.92 Å². The number of carbonyl (C=O) groups is 1. The van der Waals surface area contributed by atoms with Gasteiger partial charge in [-0.2, -0.15) is 0 Å². The summed E-state index contributed by atoms with van der Waals surface area (Å²) in [6.07, 6.45) is 8.98. The average molecular weight is 254 g/mol. The second kappa shape index (κ2) is 7.10. The van der Waals surface area contributed by atoms with Crippen LogP contribution in [0.5, 0.6) is 0 Å². The van der Waals surface area contributed by atoms with Crippen LogP contribution in [0.4, 0.5) is 0 Å². The van der Waals surface area contributed by atoms with E-state index in [1.165, 1.54) is 25.7 Å². The van der Waals surface area contributed by atoms with E-state index in [1.54, 1.807) is 0 Å². The molecule has 0 aromatic carbocycles. The Morgan fingerprint density at radius 1 is 1.22 bits per heavy atom. The van der Waals surface area contributed by atoms with Crippen molar-refractivity contribution in [1.29, 1.82) is 0 Å². The van der Waals surface area contributed by atoms with Crippen LogP contribution in [-0.4, -0.2) is 36.2 Å². The first kappa shape index (κ1) is 13.8. The van der Waals surface area contributed by atoms with Crippen molar-refractivity contribution in [2.45, 2.75) is 63.5 Å². The summed E-state index contributed by atoms with van der Waals surface area (Å²) < 4.78 is 0. The summed E-state index contributed by atoms with van der Waals surface area (Å²) in [5, 5.41) is 15.2. The van der Waals surface area contributed by atoms with Gasteiger partial charge in [0.2, 0.25) is 5.91 Å². The lowest BCUT2D eigenvalue weighted by atomic mass is 9.85. The number of nitrogens with one attached hydrogen (secondary N) is 2. The molecule has 18 heavy (non-hydrogen) atoms. The number of fused-ring (bicyclic) bond motifs is 1. The Labute approximate surface area is 110 Å². The van der Waals surface area contributed by atoms with Gasteiger partial charge in [0.1, 0.15) is 0 Å². The molecule has 0 spiro atoms. The van der Waals surface area contributed by atoms with Gasteiger partial charge in [-0.05, 0) is 44.4 Å². The van der Waals surface area contributed by atoms with Gasteiger partial charge in [-0.15, -0.1) is 0 Å². The van der Waals surface area contributed by atoms with E-state index in [1.807, 2.05) is 0 Å². The van der Waals surface area contributed by atoms with Gasteiger partial charge in [-0.1, -0.05) is 12.8 Å². The third-order valence-corrected chi connectivity index (χ3v) is 4.31. The maximum Gasteiger partial charge on any atom is 0.237 e. The first-order chi connectivity index (χ1) is 8.81. The van der Waals surface area contributed by atoms with Crippen LogP contribution >= 0.6 is 0 Å². The van der Waals surface area contributed by atoms with E-state index >= 15 is 0 Å². The summed E-state index contributed by atoms with van der Waals surface area (Å²) in [5.74, 6) is 0.900. The van der Waals surface area contributed by atoms with Gasteiger partial charge < -0.3 is 15.7 Å². The number of aliphatic hydroxyl groups excluding tert-OH is 1. The van der Waals surface area contributed by atoms with Crippen LogP contribution in [0.25, 0.3) is 0 Å². The topological polar surface area (TPSA) is 61.4 Å². The standard InChI is InChI=1S/C14H26N2O2/c17-9-5-1-4-8-15-14(18)13-10-11-6-2-3-7-12(11)16-13/h11-13,16-17H,1-10H2,(H,15,18). The summed E-state index contributed by atoms with van der Waals surface area (Å²) in [6.45, 7) is 0.994. The summed E-state index contributed by atoms with van der Waals surface area (Å²) in [4.78, 5) is 12.0. The molecule has 0 bridgehead atoms. The Bertz CT molecular complexity index is 257. The van der Waals surface area contributed by atoms with E-state index in [0.29, 0.717) is 6.04 Å². The Balaban J connectivity index is 1.64. The molecule has 3 atom stereocenters. The molecule has 1 amide bonds. The van der Waals surface area contributed by atoms with E-state index in [0.717, 1.165) is 38.1 Å². The molecule has 3 unspecified atom stereocenters. The molecule has 1 saturated heterocycles. The number of hydrogen-bond donors (Lipinski definition) is 3.